The molecule has 0 aliphatic rings. The summed E-state index contributed by atoms with van der Waals surface area (Å²) in [6.45, 7) is 0.912. The first kappa shape index (κ1) is 35.8. The molecule has 0 rings (SSSR count). The molecule has 0 aromatic carbocycles. The fourth-order valence-electron chi connectivity index (χ4n) is 2.28. The standard InChI is InChI=1S/C17H24F8O7S.Na/c1-3-5-6-7-10(4-2)30-13(27)11(33-32-31-28)8-12(26)29-9-15(20,21)17(24,25)16(22,23)14(18)19;/h10-11,14,28H,3-9H2,1-2H3;/q;+1/p-1. The maximum atomic E-state index is 13.5. The van der Waals surface area contributed by atoms with Crippen molar-refractivity contribution in [1.82, 2.24) is 0 Å². The van der Waals surface area contributed by atoms with E-state index in [1.165, 1.54) is 0 Å². The van der Waals surface area contributed by atoms with Crippen molar-refractivity contribution in [3.05, 3.63) is 0 Å². The van der Waals surface area contributed by atoms with Gasteiger partial charge in [-0.3, -0.25) is 14.6 Å². The Balaban J connectivity index is 0. The molecular weight excluding hydrogens is 523 g/mol. The van der Waals surface area contributed by atoms with Gasteiger partial charge in [-0.1, -0.05) is 26.7 Å². The number of unbranched alkanes of at least 4 members (excludes halogenated alkanes) is 2. The van der Waals surface area contributed by atoms with Crippen LogP contribution in [-0.2, 0) is 28.4 Å². The number of alkyl halides is 8. The van der Waals surface area contributed by atoms with Gasteiger partial charge in [0, 0.05) is 12.0 Å². The normalized spacial score (nSPS) is 14.4. The number of ether oxygens (including phenoxy) is 2. The molecule has 196 valence electrons. The zero-order valence-electron chi connectivity index (χ0n) is 18.5. The van der Waals surface area contributed by atoms with Gasteiger partial charge < -0.3 is 14.7 Å². The third-order valence-corrected chi connectivity index (χ3v) is 4.96. The number of carbonyl (C=O) groups is 2. The van der Waals surface area contributed by atoms with E-state index in [9.17, 15) is 50.0 Å². The molecule has 2 atom stereocenters. The van der Waals surface area contributed by atoms with Crippen LogP contribution in [-0.4, -0.2) is 54.1 Å². The van der Waals surface area contributed by atoms with Gasteiger partial charge in [0.1, 0.15) is 11.4 Å². The van der Waals surface area contributed by atoms with Crippen molar-refractivity contribution in [2.24, 2.45) is 0 Å². The zero-order chi connectivity index (χ0) is 25.9. The second-order valence-corrected chi connectivity index (χ2v) is 7.65. The zero-order valence-corrected chi connectivity index (χ0v) is 21.3. The Labute approximate surface area is 216 Å². The summed E-state index contributed by atoms with van der Waals surface area (Å²) in [6, 6.07) is 0. The number of esters is 2. The first-order chi connectivity index (χ1) is 15.2. The Morgan fingerprint density at radius 2 is 1.62 bits per heavy atom. The summed E-state index contributed by atoms with van der Waals surface area (Å²) >= 11 is -0.0791. The quantitative estimate of drug-likeness (QED) is 0.0512. The molecule has 0 aliphatic heterocycles. The van der Waals surface area contributed by atoms with E-state index in [0.29, 0.717) is 19.3 Å². The van der Waals surface area contributed by atoms with E-state index in [0.717, 1.165) is 12.8 Å². The van der Waals surface area contributed by atoms with Crippen LogP contribution in [0.2, 0.25) is 0 Å². The fourth-order valence-corrected chi connectivity index (χ4v) is 2.75. The van der Waals surface area contributed by atoms with E-state index in [1.54, 1.807) is 6.92 Å². The molecule has 0 aromatic heterocycles. The maximum Gasteiger partial charge on any atom is 1.00 e. The molecule has 0 bridgehead atoms. The van der Waals surface area contributed by atoms with E-state index in [4.69, 9.17) is 4.74 Å². The van der Waals surface area contributed by atoms with Gasteiger partial charge >= 0.3 is 65.7 Å². The van der Waals surface area contributed by atoms with E-state index in [2.05, 4.69) is 14.1 Å². The van der Waals surface area contributed by atoms with Gasteiger partial charge in [0.2, 0.25) is 0 Å². The van der Waals surface area contributed by atoms with Gasteiger partial charge in [0.05, 0.1) is 6.42 Å². The average Bonchev–Trinajstić information content (AvgIpc) is 2.73. The molecule has 0 aromatic rings. The van der Waals surface area contributed by atoms with Crippen molar-refractivity contribution in [2.75, 3.05) is 6.61 Å². The van der Waals surface area contributed by atoms with E-state index >= 15 is 0 Å². The molecule has 0 saturated carbocycles. The molecule has 0 radical (unpaired) electrons. The summed E-state index contributed by atoms with van der Waals surface area (Å²) in [6.07, 6.45) is -3.74. The predicted molar refractivity (Wildman–Crippen MR) is 94.3 cm³/mol. The molecule has 0 N–H and O–H groups in total. The van der Waals surface area contributed by atoms with Crippen molar-refractivity contribution in [3.63, 3.8) is 0 Å². The van der Waals surface area contributed by atoms with E-state index in [-0.39, 0.29) is 41.6 Å². The number of halogens is 8. The van der Waals surface area contributed by atoms with Gasteiger partial charge in [0.25, 0.3) is 0 Å². The van der Waals surface area contributed by atoms with Gasteiger partial charge in [-0.25, -0.2) is 8.78 Å². The Morgan fingerprint density at radius 3 is 2.09 bits per heavy atom. The van der Waals surface area contributed by atoms with Crippen LogP contribution < -0.4 is 34.8 Å². The molecule has 0 heterocycles. The molecule has 0 amide bonds. The number of carbonyl (C=O) groups excluding carboxylic acids is 2. The minimum atomic E-state index is -6.56. The van der Waals surface area contributed by atoms with Crippen molar-refractivity contribution in [2.45, 2.75) is 87.9 Å². The topological polar surface area (TPSA) is 94.1 Å². The van der Waals surface area contributed by atoms with E-state index < -0.39 is 60.5 Å². The van der Waals surface area contributed by atoms with Crippen molar-refractivity contribution in [3.8, 4) is 0 Å². The first-order valence-electron chi connectivity index (χ1n) is 9.57. The van der Waals surface area contributed by atoms with Crippen LogP contribution >= 0.6 is 12.0 Å². The number of hydrogen-bond acceptors (Lipinski definition) is 8. The van der Waals surface area contributed by atoms with Gasteiger partial charge in [0.15, 0.2) is 6.61 Å². The largest absolute Gasteiger partial charge is 1.00 e. The average molecular weight is 546 g/mol. The SMILES string of the molecule is CCCCCC(CC)OC(=O)C(CC(=O)OCC(F)(F)C(F)(F)C(F)(F)C(F)F)SOO[O-].[Na+]. The summed E-state index contributed by atoms with van der Waals surface area (Å²) in [5.74, 6) is -21.8. The van der Waals surface area contributed by atoms with Crippen LogP contribution in [0.4, 0.5) is 35.1 Å². The Morgan fingerprint density at radius 1 is 1.03 bits per heavy atom. The van der Waals surface area contributed by atoms with Gasteiger partial charge in [-0.05, 0) is 19.3 Å². The smallest absolute Gasteiger partial charge is 0.691 e. The summed E-state index contributed by atoms with van der Waals surface area (Å²) in [7, 11) is 0. The van der Waals surface area contributed by atoms with Gasteiger partial charge in [-0.15, -0.1) is 0 Å². The number of hydrogen-bond donors (Lipinski definition) is 0. The molecule has 0 fully saturated rings. The second-order valence-electron chi connectivity index (χ2n) is 6.75. The fraction of sp³-hybridized carbons (Fsp3) is 0.882. The Bertz CT molecular complexity index is 616. The second kappa shape index (κ2) is 16.4. The Kier molecular flexibility index (Phi) is 17.2. The molecule has 0 saturated heterocycles. The molecule has 0 aliphatic carbocycles. The minimum Gasteiger partial charge on any atom is -0.691 e. The van der Waals surface area contributed by atoms with Crippen molar-refractivity contribution in [1.29, 1.82) is 0 Å². The van der Waals surface area contributed by atoms with Crippen LogP contribution in [0.3, 0.4) is 0 Å². The third kappa shape index (κ3) is 10.7. The molecule has 17 heteroatoms. The van der Waals surface area contributed by atoms with Crippen LogP contribution in [0.5, 0.6) is 0 Å². The Hall–Kier alpha value is -0.390. The molecule has 34 heavy (non-hydrogen) atoms. The monoisotopic (exact) mass is 546 g/mol. The minimum absolute atomic E-state index is 0. The molecule has 2 unspecified atom stereocenters. The summed E-state index contributed by atoms with van der Waals surface area (Å²) in [5.41, 5.74) is 0. The molecular formula is C17H23F8NaO7S. The summed E-state index contributed by atoms with van der Waals surface area (Å²) in [4.78, 5) is 23.9. The first-order valence-corrected chi connectivity index (χ1v) is 10.4. The van der Waals surface area contributed by atoms with Crippen molar-refractivity contribution < 1.29 is 98.4 Å². The van der Waals surface area contributed by atoms with Crippen LogP contribution in [0.25, 0.3) is 0 Å². The maximum absolute atomic E-state index is 13.5. The number of rotatable bonds is 17. The van der Waals surface area contributed by atoms with E-state index in [1.807, 2.05) is 6.92 Å². The third-order valence-electron chi connectivity index (χ3n) is 4.23. The molecule has 0 spiro atoms. The van der Waals surface area contributed by atoms with Crippen LogP contribution in [0, 0.1) is 0 Å². The summed E-state index contributed by atoms with van der Waals surface area (Å²) in [5, 5.41) is 11.3. The predicted octanol–water partition coefficient (Wildman–Crippen LogP) is 1.24. The van der Waals surface area contributed by atoms with Crippen molar-refractivity contribution >= 4 is 24.0 Å². The van der Waals surface area contributed by atoms with Crippen LogP contribution in [0.15, 0.2) is 0 Å². The van der Waals surface area contributed by atoms with Gasteiger partial charge in [-0.2, -0.15) is 30.7 Å². The summed E-state index contributed by atoms with van der Waals surface area (Å²) < 4.78 is 116. The molecule has 7 nitrogen and oxygen atoms in total. The van der Waals surface area contributed by atoms with Crippen LogP contribution in [0.1, 0.15) is 52.4 Å².